The van der Waals surface area contributed by atoms with Crippen LogP contribution in [0.1, 0.15) is 13.8 Å². The number of thioether (sulfide) groups is 1. The summed E-state index contributed by atoms with van der Waals surface area (Å²) in [5, 5.41) is 0. The van der Waals surface area contributed by atoms with E-state index in [0.717, 1.165) is 0 Å². The number of para-hydroxylation sites is 1. The van der Waals surface area contributed by atoms with Crippen LogP contribution in [0.2, 0.25) is 0 Å². The van der Waals surface area contributed by atoms with Crippen molar-refractivity contribution in [3.63, 3.8) is 0 Å². The summed E-state index contributed by atoms with van der Waals surface area (Å²) in [6, 6.07) is 9.23. The predicted molar refractivity (Wildman–Crippen MR) is 92.1 cm³/mol. The summed E-state index contributed by atoms with van der Waals surface area (Å²) < 4.78 is 20.1. The number of carbonyl (C=O) groups is 3. The third-order valence-electron chi connectivity index (χ3n) is 3.02. The van der Waals surface area contributed by atoms with Gasteiger partial charge in [-0.2, -0.15) is 0 Å². The fourth-order valence-electron chi connectivity index (χ4n) is 1.67. The van der Waals surface area contributed by atoms with Crippen molar-refractivity contribution >= 4 is 30.7 Å². The first kappa shape index (κ1) is 20.8. The van der Waals surface area contributed by atoms with E-state index >= 15 is 0 Å². The van der Waals surface area contributed by atoms with Gasteiger partial charge in [0.15, 0.2) is 5.44 Å². The van der Waals surface area contributed by atoms with Crippen molar-refractivity contribution in [1.29, 1.82) is 0 Å². The third kappa shape index (κ3) is 8.44. The summed E-state index contributed by atoms with van der Waals surface area (Å²) in [4.78, 5) is 32.8. The Bertz CT molecular complexity index is 533. The van der Waals surface area contributed by atoms with Crippen molar-refractivity contribution in [2.45, 2.75) is 19.3 Å². The number of esters is 1. The maximum absolute atomic E-state index is 12.2. The van der Waals surface area contributed by atoms with Gasteiger partial charge in [0, 0.05) is 5.75 Å². The van der Waals surface area contributed by atoms with Crippen molar-refractivity contribution < 1.29 is 33.3 Å². The summed E-state index contributed by atoms with van der Waals surface area (Å²) in [7, 11) is 0. The maximum Gasteiger partial charge on any atom is 0.312 e. The Morgan fingerprint density at radius 3 is 2.52 bits per heavy atom. The van der Waals surface area contributed by atoms with Crippen LogP contribution in [-0.2, 0) is 28.6 Å². The standard InChI is InChI=1S/C17H22O7S/c1-17(2,11-25-15(24-13-19)10-21-12-18)16(20)23-9-8-22-14-6-4-3-5-7-14/h3-7,12-13,15H,8-11H2,1-2H3. The quantitative estimate of drug-likeness (QED) is 0.171. The van der Waals surface area contributed by atoms with Crippen molar-refractivity contribution in [3.05, 3.63) is 30.3 Å². The molecular formula is C17H22O7S. The summed E-state index contributed by atoms with van der Waals surface area (Å²) in [5.74, 6) is 0.641. The Balaban J connectivity index is 2.33. The van der Waals surface area contributed by atoms with E-state index in [2.05, 4.69) is 4.74 Å². The van der Waals surface area contributed by atoms with Gasteiger partial charge >= 0.3 is 5.97 Å². The fraction of sp³-hybridized carbons (Fsp3) is 0.471. The average Bonchev–Trinajstić information content (AvgIpc) is 2.61. The van der Waals surface area contributed by atoms with Crippen molar-refractivity contribution in [1.82, 2.24) is 0 Å². The van der Waals surface area contributed by atoms with E-state index in [1.165, 1.54) is 11.8 Å². The van der Waals surface area contributed by atoms with Crippen LogP contribution in [0.25, 0.3) is 0 Å². The highest BCUT2D eigenvalue weighted by molar-refractivity contribution is 7.99. The van der Waals surface area contributed by atoms with Gasteiger partial charge in [0.05, 0.1) is 5.41 Å². The molecule has 0 amide bonds. The van der Waals surface area contributed by atoms with E-state index in [-0.39, 0.29) is 32.8 Å². The van der Waals surface area contributed by atoms with Gasteiger partial charge in [-0.05, 0) is 26.0 Å². The molecule has 0 bridgehead atoms. The molecule has 1 rings (SSSR count). The Labute approximate surface area is 151 Å². The Morgan fingerprint density at radius 2 is 1.88 bits per heavy atom. The molecule has 0 aliphatic carbocycles. The molecule has 0 aliphatic heterocycles. The molecule has 0 radical (unpaired) electrons. The summed E-state index contributed by atoms with van der Waals surface area (Å²) in [6.07, 6.45) is 0. The minimum Gasteiger partial charge on any atom is -0.490 e. The Kier molecular flexibility index (Phi) is 9.46. The van der Waals surface area contributed by atoms with Crippen LogP contribution >= 0.6 is 11.8 Å². The first-order valence-electron chi connectivity index (χ1n) is 7.60. The molecule has 1 aromatic carbocycles. The number of hydrogen-bond acceptors (Lipinski definition) is 8. The van der Waals surface area contributed by atoms with Gasteiger partial charge in [0.1, 0.15) is 25.6 Å². The number of hydrogen-bond donors (Lipinski definition) is 0. The van der Waals surface area contributed by atoms with E-state index in [4.69, 9.17) is 14.2 Å². The highest BCUT2D eigenvalue weighted by Crippen LogP contribution is 2.26. The van der Waals surface area contributed by atoms with Gasteiger partial charge in [0.2, 0.25) is 0 Å². The van der Waals surface area contributed by atoms with Crippen molar-refractivity contribution in [2.24, 2.45) is 5.41 Å². The van der Waals surface area contributed by atoms with Gasteiger partial charge in [0.25, 0.3) is 12.9 Å². The second-order valence-corrected chi connectivity index (χ2v) is 6.73. The first-order valence-corrected chi connectivity index (χ1v) is 8.65. The number of carbonyl (C=O) groups excluding carboxylic acids is 3. The minimum absolute atomic E-state index is 0.0804. The molecule has 0 saturated carbocycles. The van der Waals surface area contributed by atoms with Crippen LogP contribution in [0.5, 0.6) is 5.75 Å². The topological polar surface area (TPSA) is 88.1 Å². The molecule has 0 heterocycles. The predicted octanol–water partition coefficient (Wildman–Crippen LogP) is 2.04. The average molecular weight is 370 g/mol. The van der Waals surface area contributed by atoms with Crippen molar-refractivity contribution in [3.8, 4) is 5.75 Å². The molecule has 1 unspecified atom stereocenters. The molecule has 138 valence electrons. The zero-order valence-corrected chi connectivity index (χ0v) is 15.0. The highest BCUT2D eigenvalue weighted by Gasteiger charge is 2.31. The molecule has 7 nitrogen and oxygen atoms in total. The van der Waals surface area contributed by atoms with E-state index in [0.29, 0.717) is 11.5 Å². The molecular weight excluding hydrogens is 348 g/mol. The highest BCUT2D eigenvalue weighted by atomic mass is 32.2. The smallest absolute Gasteiger partial charge is 0.312 e. The van der Waals surface area contributed by atoms with Crippen LogP contribution in [0.4, 0.5) is 0 Å². The lowest BCUT2D eigenvalue weighted by Crippen LogP contribution is -2.32. The largest absolute Gasteiger partial charge is 0.490 e. The summed E-state index contributed by atoms with van der Waals surface area (Å²) >= 11 is 1.19. The molecule has 25 heavy (non-hydrogen) atoms. The molecule has 1 aromatic rings. The van der Waals surface area contributed by atoms with Crippen LogP contribution in [-0.4, -0.2) is 49.9 Å². The van der Waals surface area contributed by atoms with Gasteiger partial charge in [-0.25, -0.2) is 0 Å². The van der Waals surface area contributed by atoms with Crippen LogP contribution in [0.15, 0.2) is 30.3 Å². The lowest BCUT2D eigenvalue weighted by molar-refractivity contribution is -0.153. The van der Waals surface area contributed by atoms with Crippen LogP contribution in [0.3, 0.4) is 0 Å². The van der Waals surface area contributed by atoms with Gasteiger partial charge in [-0.15, -0.1) is 11.8 Å². The number of rotatable bonds is 13. The van der Waals surface area contributed by atoms with Gasteiger partial charge in [-0.3, -0.25) is 14.4 Å². The first-order chi connectivity index (χ1) is 12.0. The molecule has 0 aliphatic rings. The monoisotopic (exact) mass is 370 g/mol. The zero-order chi connectivity index (χ0) is 18.5. The molecule has 1 atom stereocenters. The lowest BCUT2D eigenvalue weighted by atomic mass is 9.97. The van der Waals surface area contributed by atoms with E-state index in [9.17, 15) is 14.4 Å². The third-order valence-corrected chi connectivity index (χ3v) is 4.53. The van der Waals surface area contributed by atoms with Gasteiger partial charge < -0.3 is 18.9 Å². The maximum atomic E-state index is 12.2. The minimum atomic E-state index is -0.802. The second-order valence-electron chi connectivity index (χ2n) is 5.58. The fourth-order valence-corrected chi connectivity index (χ4v) is 2.69. The number of benzene rings is 1. The SMILES string of the molecule is CC(C)(CSC(COC=O)OC=O)C(=O)OCCOc1ccccc1. The molecule has 0 fully saturated rings. The number of ether oxygens (including phenoxy) is 4. The summed E-state index contributed by atoms with van der Waals surface area (Å²) in [5.41, 5.74) is -1.47. The molecule has 0 saturated heterocycles. The van der Waals surface area contributed by atoms with E-state index in [1.807, 2.05) is 30.3 Å². The normalized spacial score (nSPS) is 11.9. The molecule has 0 N–H and O–H groups in total. The summed E-state index contributed by atoms with van der Waals surface area (Å²) in [6.45, 7) is 4.29. The van der Waals surface area contributed by atoms with Gasteiger partial charge in [-0.1, -0.05) is 18.2 Å². The van der Waals surface area contributed by atoms with Crippen molar-refractivity contribution in [2.75, 3.05) is 25.6 Å². The Morgan fingerprint density at radius 1 is 1.16 bits per heavy atom. The Hall–Kier alpha value is -2.22. The molecule has 8 heteroatoms. The molecule has 0 spiro atoms. The second kappa shape index (κ2) is 11.4. The van der Waals surface area contributed by atoms with E-state index in [1.54, 1.807) is 13.8 Å². The van der Waals surface area contributed by atoms with Crippen LogP contribution in [0, 0.1) is 5.41 Å². The zero-order valence-electron chi connectivity index (χ0n) is 14.2. The lowest BCUT2D eigenvalue weighted by Gasteiger charge is -2.24. The van der Waals surface area contributed by atoms with E-state index < -0.39 is 16.8 Å². The van der Waals surface area contributed by atoms with Crippen LogP contribution < -0.4 is 4.74 Å². The molecule has 0 aromatic heterocycles.